The molecule has 0 radical (unpaired) electrons. The van der Waals surface area contributed by atoms with Crippen molar-refractivity contribution < 1.29 is 26.4 Å². The summed E-state index contributed by atoms with van der Waals surface area (Å²) in [5.74, 6) is -0.408. The van der Waals surface area contributed by atoms with Gasteiger partial charge in [-0.2, -0.15) is 13.2 Å². The van der Waals surface area contributed by atoms with Crippen LogP contribution in [-0.4, -0.2) is 14.3 Å². The maximum atomic E-state index is 13.0. The van der Waals surface area contributed by atoms with Crippen LogP contribution >= 0.6 is 0 Å². The highest BCUT2D eigenvalue weighted by Gasteiger charge is 2.34. The Kier molecular flexibility index (Phi) is 4.16. The highest BCUT2D eigenvalue weighted by atomic mass is 32.2. The van der Waals surface area contributed by atoms with Crippen LogP contribution in [0.4, 0.5) is 30.2 Å². The van der Waals surface area contributed by atoms with Gasteiger partial charge in [0.25, 0.3) is 15.9 Å². The van der Waals surface area contributed by atoms with Crippen molar-refractivity contribution in [1.29, 1.82) is 0 Å². The molecule has 0 spiro atoms. The zero-order chi connectivity index (χ0) is 21.0. The summed E-state index contributed by atoms with van der Waals surface area (Å²) in [7, 11) is -3.76. The zero-order valence-electron chi connectivity index (χ0n) is 14.7. The minimum Gasteiger partial charge on any atom is -0.280 e. The minimum atomic E-state index is -4.48. The van der Waals surface area contributed by atoms with Gasteiger partial charge < -0.3 is 0 Å². The Labute approximate surface area is 164 Å². The maximum absolute atomic E-state index is 13.0. The van der Waals surface area contributed by atoms with Gasteiger partial charge in [0.15, 0.2) is 0 Å². The number of alkyl halides is 3. The molecular formula is C20H13F3N2O3S. The molecule has 5 nitrogen and oxygen atoms in total. The van der Waals surface area contributed by atoms with Crippen LogP contribution in [0.2, 0.25) is 0 Å². The van der Waals surface area contributed by atoms with Crippen LogP contribution in [0.15, 0.2) is 66.6 Å². The minimum absolute atomic E-state index is 0.271. The van der Waals surface area contributed by atoms with E-state index in [-0.39, 0.29) is 11.4 Å². The first kappa shape index (κ1) is 19.0. The third-order valence-electron chi connectivity index (χ3n) is 4.62. The summed E-state index contributed by atoms with van der Waals surface area (Å²) < 4.78 is 64.6. The lowest BCUT2D eigenvalue weighted by molar-refractivity contribution is -0.137. The second-order valence-corrected chi connectivity index (χ2v) is 7.99. The number of hydrogen-bond donors (Lipinski definition) is 1. The largest absolute Gasteiger partial charge is 0.416 e. The Hall–Kier alpha value is -3.33. The van der Waals surface area contributed by atoms with Gasteiger partial charge in [-0.15, -0.1) is 0 Å². The summed E-state index contributed by atoms with van der Waals surface area (Å²) in [5.41, 5.74) is 0.524. The topological polar surface area (TPSA) is 66.5 Å². The van der Waals surface area contributed by atoms with E-state index in [4.69, 9.17) is 0 Å². The van der Waals surface area contributed by atoms with Crippen LogP contribution in [0.3, 0.4) is 0 Å². The van der Waals surface area contributed by atoms with Gasteiger partial charge in [-0.1, -0.05) is 18.7 Å². The number of nitrogens with zero attached hydrogens (tertiary/aromatic N) is 1. The lowest BCUT2D eigenvalue weighted by Gasteiger charge is -2.19. The lowest BCUT2D eigenvalue weighted by Crippen LogP contribution is -2.21. The van der Waals surface area contributed by atoms with Crippen molar-refractivity contribution >= 4 is 43.8 Å². The van der Waals surface area contributed by atoms with Crippen molar-refractivity contribution in [2.45, 2.75) is 6.18 Å². The summed E-state index contributed by atoms with van der Waals surface area (Å²) in [4.78, 5) is 14.3. The van der Waals surface area contributed by atoms with Crippen molar-refractivity contribution in [2.24, 2.45) is 0 Å². The zero-order valence-corrected chi connectivity index (χ0v) is 15.5. The maximum Gasteiger partial charge on any atom is 0.416 e. The summed E-state index contributed by atoms with van der Waals surface area (Å²) >= 11 is 0. The fraction of sp³-hybridized carbons (Fsp3) is 0.0500. The van der Waals surface area contributed by atoms with E-state index in [9.17, 15) is 26.4 Å². The molecule has 1 heterocycles. The van der Waals surface area contributed by atoms with Gasteiger partial charge in [0.05, 0.1) is 22.5 Å². The second-order valence-electron chi connectivity index (χ2n) is 6.36. The molecule has 0 atom stereocenters. The van der Waals surface area contributed by atoms with Crippen LogP contribution in [0.1, 0.15) is 15.9 Å². The molecule has 0 saturated carbocycles. The SMILES string of the molecule is C=CS(=O)(=O)Nc1ccc2c3c(cccc13)C(=O)N2c1ccc(C(F)(F)F)cc1. The predicted octanol–water partition coefficient (Wildman–Crippen LogP) is 5.04. The van der Waals surface area contributed by atoms with E-state index in [1.54, 1.807) is 24.3 Å². The fourth-order valence-corrected chi connectivity index (χ4v) is 3.89. The van der Waals surface area contributed by atoms with Crippen molar-refractivity contribution in [3.8, 4) is 0 Å². The highest BCUT2D eigenvalue weighted by Crippen LogP contribution is 2.44. The van der Waals surface area contributed by atoms with E-state index in [1.807, 2.05) is 0 Å². The summed E-state index contributed by atoms with van der Waals surface area (Å²) in [6, 6.07) is 12.2. The molecule has 0 unspecified atom stereocenters. The van der Waals surface area contributed by atoms with Gasteiger partial charge >= 0.3 is 6.18 Å². The first-order valence-electron chi connectivity index (χ1n) is 8.35. The molecule has 1 aliphatic rings. The molecule has 1 aliphatic heterocycles. The number of carbonyl (C=O) groups excluding carboxylic acids is 1. The molecule has 0 saturated heterocycles. The lowest BCUT2D eigenvalue weighted by atomic mass is 10.0. The Balaban J connectivity index is 1.85. The number of sulfonamides is 1. The van der Waals surface area contributed by atoms with Crippen molar-refractivity contribution in [3.05, 3.63) is 77.7 Å². The standard InChI is InChI=1S/C20H13F3N2O3S/c1-2-29(27,28)24-16-10-11-17-18-14(16)4-3-5-15(18)19(26)25(17)13-8-6-12(7-9-13)20(21,22)23/h2-11,24H,1H2. The normalized spacial score (nSPS) is 13.8. The first-order chi connectivity index (χ1) is 13.6. The molecule has 0 aromatic heterocycles. The van der Waals surface area contributed by atoms with E-state index in [1.165, 1.54) is 23.1 Å². The van der Waals surface area contributed by atoms with Gasteiger partial charge in [-0.25, -0.2) is 8.42 Å². The fourth-order valence-electron chi connectivity index (χ4n) is 3.32. The van der Waals surface area contributed by atoms with E-state index >= 15 is 0 Å². The monoisotopic (exact) mass is 418 g/mol. The number of hydrogen-bond acceptors (Lipinski definition) is 3. The Morgan fingerprint density at radius 2 is 1.69 bits per heavy atom. The highest BCUT2D eigenvalue weighted by molar-refractivity contribution is 7.95. The number of amides is 1. The van der Waals surface area contributed by atoms with Gasteiger partial charge in [-0.3, -0.25) is 14.4 Å². The summed E-state index contributed by atoms with van der Waals surface area (Å²) in [5, 5.41) is 1.78. The van der Waals surface area contributed by atoms with E-state index < -0.39 is 27.7 Å². The number of benzene rings is 3. The van der Waals surface area contributed by atoms with E-state index in [0.717, 1.165) is 17.5 Å². The molecule has 0 fully saturated rings. The molecule has 1 N–H and O–H groups in total. The average Bonchev–Trinajstić information content (AvgIpc) is 2.97. The number of rotatable bonds is 4. The first-order valence-corrected chi connectivity index (χ1v) is 9.90. The number of anilines is 3. The van der Waals surface area contributed by atoms with E-state index in [0.29, 0.717) is 22.0 Å². The van der Waals surface area contributed by atoms with Crippen LogP contribution in [0, 0.1) is 0 Å². The summed E-state index contributed by atoms with van der Waals surface area (Å²) in [6.07, 6.45) is -4.48. The smallest absolute Gasteiger partial charge is 0.280 e. The molecule has 9 heteroatoms. The molecular weight excluding hydrogens is 405 g/mol. The van der Waals surface area contributed by atoms with Gasteiger partial charge in [0.1, 0.15) is 0 Å². The molecule has 148 valence electrons. The molecule has 0 aliphatic carbocycles. The van der Waals surface area contributed by atoms with Crippen LogP contribution in [0.25, 0.3) is 10.8 Å². The third-order valence-corrected chi connectivity index (χ3v) is 5.56. The van der Waals surface area contributed by atoms with Crippen molar-refractivity contribution in [1.82, 2.24) is 0 Å². The van der Waals surface area contributed by atoms with Crippen LogP contribution in [0.5, 0.6) is 0 Å². The van der Waals surface area contributed by atoms with Crippen LogP contribution in [-0.2, 0) is 16.2 Å². The van der Waals surface area contributed by atoms with Gasteiger partial charge in [0.2, 0.25) is 0 Å². The van der Waals surface area contributed by atoms with Crippen LogP contribution < -0.4 is 9.62 Å². The Morgan fingerprint density at radius 3 is 2.31 bits per heavy atom. The quantitative estimate of drug-likeness (QED) is 0.646. The van der Waals surface area contributed by atoms with E-state index in [2.05, 4.69) is 11.3 Å². The molecule has 0 bridgehead atoms. The number of halogens is 3. The molecule has 3 aromatic carbocycles. The Morgan fingerprint density at radius 1 is 1.00 bits per heavy atom. The summed E-state index contributed by atoms with van der Waals surface area (Å²) in [6.45, 7) is 3.25. The molecule has 29 heavy (non-hydrogen) atoms. The van der Waals surface area contributed by atoms with Gasteiger partial charge in [-0.05, 0) is 42.5 Å². The number of carbonyl (C=O) groups is 1. The predicted molar refractivity (Wildman–Crippen MR) is 105 cm³/mol. The Bertz CT molecular complexity index is 1270. The van der Waals surface area contributed by atoms with Crippen molar-refractivity contribution in [2.75, 3.05) is 9.62 Å². The van der Waals surface area contributed by atoms with Crippen molar-refractivity contribution in [3.63, 3.8) is 0 Å². The second kappa shape index (κ2) is 6.35. The molecule has 1 amide bonds. The molecule has 4 rings (SSSR count). The van der Waals surface area contributed by atoms with Gasteiger partial charge in [0, 0.05) is 21.9 Å². The number of nitrogens with one attached hydrogen (secondary N) is 1. The molecule has 3 aromatic rings. The average molecular weight is 418 g/mol. The third kappa shape index (κ3) is 3.13.